The molecule has 1 aliphatic rings. The van der Waals surface area contributed by atoms with Crippen molar-refractivity contribution in [2.24, 2.45) is 0 Å². The first-order valence-corrected chi connectivity index (χ1v) is 8.18. The first-order chi connectivity index (χ1) is 11.5. The van der Waals surface area contributed by atoms with E-state index in [1.165, 1.54) is 0 Å². The van der Waals surface area contributed by atoms with E-state index in [4.69, 9.17) is 17.0 Å². The van der Waals surface area contributed by atoms with E-state index < -0.39 is 0 Å². The van der Waals surface area contributed by atoms with E-state index in [0.29, 0.717) is 23.7 Å². The van der Waals surface area contributed by atoms with Gasteiger partial charge in [-0.2, -0.15) is 0 Å². The third-order valence-corrected chi connectivity index (χ3v) is 3.82. The number of rotatable bonds is 5. The maximum absolute atomic E-state index is 12.1. The van der Waals surface area contributed by atoms with Crippen LogP contribution in [0, 0.1) is 0 Å². The van der Waals surface area contributed by atoms with Crippen molar-refractivity contribution in [3.8, 4) is 0 Å². The van der Waals surface area contributed by atoms with Gasteiger partial charge in [0.05, 0.1) is 6.61 Å². The van der Waals surface area contributed by atoms with Gasteiger partial charge in [-0.15, -0.1) is 0 Å². The second-order valence-electron chi connectivity index (χ2n) is 5.60. The molecule has 1 atom stereocenters. The first kappa shape index (κ1) is 18.2. The normalized spacial score (nSPS) is 15.1. The van der Waals surface area contributed by atoms with Gasteiger partial charge < -0.3 is 15.0 Å². The molecule has 0 radical (unpaired) electrons. The summed E-state index contributed by atoms with van der Waals surface area (Å²) in [6, 6.07) is 6.94. The summed E-state index contributed by atoms with van der Waals surface area (Å²) in [4.78, 5) is 25.5. The number of benzene rings is 1. The molecule has 8 heteroatoms. The van der Waals surface area contributed by atoms with Crippen LogP contribution in [0.25, 0.3) is 0 Å². The van der Waals surface area contributed by atoms with Crippen LogP contribution in [0.2, 0.25) is 0 Å². The van der Waals surface area contributed by atoms with E-state index in [1.54, 1.807) is 36.3 Å². The molecular formula is C16H22N4O3S. The number of thiocarbonyl (C=S) groups is 1. The Balaban J connectivity index is 1.84. The number of hydrazine groups is 1. The van der Waals surface area contributed by atoms with Crippen LogP contribution in [0.3, 0.4) is 0 Å². The summed E-state index contributed by atoms with van der Waals surface area (Å²) in [5.74, 6) is -0.187. The third kappa shape index (κ3) is 4.90. The van der Waals surface area contributed by atoms with Gasteiger partial charge in [0.1, 0.15) is 0 Å². The number of amides is 2. The molecule has 24 heavy (non-hydrogen) atoms. The number of carbonyl (C=O) groups is 2. The highest BCUT2D eigenvalue weighted by Gasteiger charge is 2.21. The van der Waals surface area contributed by atoms with Crippen molar-refractivity contribution >= 4 is 34.8 Å². The average molecular weight is 350 g/mol. The standard InChI is InChI=1S/C16H22N4O3S/c1-11(10-23-2)17-16(24)19-18-15(22)12-5-7-13(8-6-12)20-9-3-4-14(20)21/h5-8,11H,3-4,9-10H2,1-2H3,(H,18,22)(H2,17,19,24)/t11-/m0/s1. The number of nitrogens with zero attached hydrogens (tertiary/aromatic N) is 1. The molecule has 1 heterocycles. The van der Waals surface area contributed by atoms with Crippen LogP contribution >= 0.6 is 12.2 Å². The molecule has 1 aliphatic heterocycles. The molecule has 2 rings (SSSR count). The highest BCUT2D eigenvalue weighted by atomic mass is 32.1. The van der Waals surface area contributed by atoms with Crippen LogP contribution in [0.15, 0.2) is 24.3 Å². The minimum atomic E-state index is -0.308. The van der Waals surface area contributed by atoms with Crippen LogP contribution in [0.1, 0.15) is 30.1 Å². The second kappa shape index (κ2) is 8.60. The van der Waals surface area contributed by atoms with Crippen LogP contribution in [0.4, 0.5) is 5.69 Å². The van der Waals surface area contributed by atoms with Crippen molar-refractivity contribution in [3.05, 3.63) is 29.8 Å². The maximum atomic E-state index is 12.1. The van der Waals surface area contributed by atoms with Crippen molar-refractivity contribution in [3.63, 3.8) is 0 Å². The van der Waals surface area contributed by atoms with E-state index in [1.807, 2.05) is 6.92 Å². The molecule has 0 spiro atoms. The van der Waals surface area contributed by atoms with Gasteiger partial charge in [0.15, 0.2) is 5.11 Å². The molecule has 1 saturated heterocycles. The SMILES string of the molecule is COC[C@H](C)NC(=S)NNC(=O)c1ccc(N2CCCC2=O)cc1. The van der Waals surface area contributed by atoms with Gasteiger partial charge in [-0.05, 0) is 49.8 Å². The summed E-state index contributed by atoms with van der Waals surface area (Å²) in [6.07, 6.45) is 1.45. The van der Waals surface area contributed by atoms with Crippen molar-refractivity contribution in [1.29, 1.82) is 0 Å². The number of carbonyl (C=O) groups excluding carboxylic acids is 2. The highest BCUT2D eigenvalue weighted by Crippen LogP contribution is 2.21. The van der Waals surface area contributed by atoms with Gasteiger partial charge in [0.25, 0.3) is 5.91 Å². The molecule has 3 N–H and O–H groups in total. The summed E-state index contributed by atoms with van der Waals surface area (Å²) < 4.78 is 5.00. The predicted octanol–water partition coefficient (Wildman–Crippen LogP) is 0.957. The molecule has 1 aromatic rings. The number of nitrogens with one attached hydrogen (secondary N) is 3. The Hall–Kier alpha value is -2.19. The van der Waals surface area contributed by atoms with Gasteiger partial charge in [0, 0.05) is 37.4 Å². The quantitative estimate of drug-likeness (QED) is 0.542. The van der Waals surface area contributed by atoms with Gasteiger partial charge in [0.2, 0.25) is 5.91 Å². The van der Waals surface area contributed by atoms with Crippen molar-refractivity contribution in [2.75, 3.05) is 25.2 Å². The molecule has 1 fully saturated rings. The molecule has 2 amide bonds. The average Bonchev–Trinajstić information content (AvgIpc) is 2.99. The Kier molecular flexibility index (Phi) is 6.51. The largest absolute Gasteiger partial charge is 0.383 e. The topological polar surface area (TPSA) is 82.7 Å². The van der Waals surface area contributed by atoms with E-state index in [9.17, 15) is 9.59 Å². The monoisotopic (exact) mass is 350 g/mol. The van der Waals surface area contributed by atoms with Crippen molar-refractivity contribution < 1.29 is 14.3 Å². The van der Waals surface area contributed by atoms with Crippen LogP contribution in [-0.4, -0.2) is 43.2 Å². The molecule has 7 nitrogen and oxygen atoms in total. The smallest absolute Gasteiger partial charge is 0.269 e. The molecule has 130 valence electrons. The van der Waals surface area contributed by atoms with E-state index in [2.05, 4.69) is 16.2 Å². The summed E-state index contributed by atoms with van der Waals surface area (Å²) in [6.45, 7) is 3.15. The number of methoxy groups -OCH3 is 1. The molecule has 0 saturated carbocycles. The van der Waals surface area contributed by atoms with E-state index >= 15 is 0 Å². The Bertz CT molecular complexity index is 606. The lowest BCUT2D eigenvalue weighted by molar-refractivity contribution is -0.117. The molecular weight excluding hydrogens is 328 g/mol. The molecule has 0 aliphatic carbocycles. The summed E-state index contributed by atoms with van der Waals surface area (Å²) in [7, 11) is 1.61. The van der Waals surface area contributed by atoms with Gasteiger partial charge >= 0.3 is 0 Å². The Morgan fingerprint density at radius 2 is 2.04 bits per heavy atom. The van der Waals surface area contributed by atoms with E-state index in [0.717, 1.165) is 18.7 Å². The zero-order valence-corrected chi connectivity index (χ0v) is 14.6. The molecule has 0 aromatic heterocycles. The fourth-order valence-electron chi connectivity index (χ4n) is 2.45. The van der Waals surface area contributed by atoms with Gasteiger partial charge in [-0.3, -0.25) is 20.4 Å². The zero-order valence-electron chi connectivity index (χ0n) is 13.8. The molecule has 0 unspecified atom stereocenters. The third-order valence-electron chi connectivity index (χ3n) is 3.60. The van der Waals surface area contributed by atoms with Crippen LogP contribution in [-0.2, 0) is 9.53 Å². The highest BCUT2D eigenvalue weighted by molar-refractivity contribution is 7.80. The zero-order chi connectivity index (χ0) is 17.5. The van der Waals surface area contributed by atoms with Crippen molar-refractivity contribution in [2.45, 2.75) is 25.8 Å². The Morgan fingerprint density at radius 3 is 2.62 bits per heavy atom. The first-order valence-electron chi connectivity index (χ1n) is 7.77. The summed E-state index contributed by atoms with van der Waals surface area (Å²) in [5.41, 5.74) is 6.47. The fraction of sp³-hybridized carbons (Fsp3) is 0.438. The number of anilines is 1. The Morgan fingerprint density at radius 1 is 1.33 bits per heavy atom. The molecule has 0 bridgehead atoms. The van der Waals surface area contributed by atoms with Gasteiger partial charge in [-0.25, -0.2) is 0 Å². The lowest BCUT2D eigenvalue weighted by Crippen LogP contribution is -2.49. The maximum Gasteiger partial charge on any atom is 0.269 e. The minimum absolute atomic E-state index is 0.0317. The number of hydrogen-bond acceptors (Lipinski definition) is 4. The fourth-order valence-corrected chi connectivity index (χ4v) is 2.70. The second-order valence-corrected chi connectivity index (χ2v) is 6.01. The lowest BCUT2D eigenvalue weighted by Gasteiger charge is -2.17. The molecule has 1 aromatic carbocycles. The minimum Gasteiger partial charge on any atom is -0.383 e. The van der Waals surface area contributed by atoms with Crippen LogP contribution < -0.4 is 21.1 Å². The van der Waals surface area contributed by atoms with Crippen molar-refractivity contribution in [1.82, 2.24) is 16.2 Å². The van der Waals surface area contributed by atoms with Gasteiger partial charge in [-0.1, -0.05) is 0 Å². The predicted molar refractivity (Wildman–Crippen MR) is 95.7 cm³/mol. The number of ether oxygens (including phenoxy) is 1. The summed E-state index contributed by atoms with van der Waals surface area (Å²) >= 11 is 5.08. The lowest BCUT2D eigenvalue weighted by atomic mass is 10.2. The number of hydrogen-bond donors (Lipinski definition) is 3. The summed E-state index contributed by atoms with van der Waals surface area (Å²) in [5, 5.41) is 3.29. The Labute approximate surface area is 146 Å². The van der Waals surface area contributed by atoms with E-state index in [-0.39, 0.29) is 17.9 Å². The van der Waals surface area contributed by atoms with Crippen LogP contribution in [0.5, 0.6) is 0 Å².